The van der Waals surface area contributed by atoms with E-state index in [1.807, 2.05) is 6.07 Å². The highest BCUT2D eigenvalue weighted by atomic mass is 79.9. The maximum absolute atomic E-state index is 13.7. The third-order valence-corrected chi connectivity index (χ3v) is 3.88. The number of ether oxygens (including phenoxy) is 1. The van der Waals surface area contributed by atoms with Gasteiger partial charge < -0.3 is 9.84 Å². The van der Waals surface area contributed by atoms with E-state index in [0.717, 1.165) is 30.4 Å². The van der Waals surface area contributed by atoms with Gasteiger partial charge in [0.2, 0.25) is 0 Å². The summed E-state index contributed by atoms with van der Waals surface area (Å²) in [5.41, 5.74) is 0.679. The smallest absolute Gasteiger partial charge is 0.329 e. The summed E-state index contributed by atoms with van der Waals surface area (Å²) in [6.07, 6.45) is 1.56. The Morgan fingerprint density at radius 2 is 2.15 bits per heavy atom. The van der Waals surface area contributed by atoms with E-state index in [9.17, 15) is 9.18 Å². The SMILES string of the molecule is O=C(O)COC1CCN(Cc2ccc(Br)cc2F)CC1. The van der Waals surface area contributed by atoms with Gasteiger partial charge >= 0.3 is 5.97 Å². The lowest BCUT2D eigenvalue weighted by atomic mass is 10.1. The number of piperidine rings is 1. The fourth-order valence-electron chi connectivity index (χ4n) is 2.31. The highest BCUT2D eigenvalue weighted by Crippen LogP contribution is 2.20. The van der Waals surface area contributed by atoms with E-state index in [2.05, 4.69) is 20.8 Å². The van der Waals surface area contributed by atoms with Crippen molar-refractivity contribution in [3.63, 3.8) is 0 Å². The standard InChI is InChI=1S/C14H17BrFNO3/c15-11-2-1-10(13(16)7-11)8-17-5-3-12(4-6-17)20-9-14(18)19/h1-2,7,12H,3-6,8-9H2,(H,18,19). The maximum Gasteiger partial charge on any atom is 0.329 e. The van der Waals surface area contributed by atoms with E-state index >= 15 is 0 Å². The minimum Gasteiger partial charge on any atom is -0.480 e. The molecule has 0 aliphatic carbocycles. The Hall–Kier alpha value is -0.980. The largest absolute Gasteiger partial charge is 0.480 e. The van der Waals surface area contributed by atoms with Crippen molar-refractivity contribution in [2.75, 3.05) is 19.7 Å². The molecule has 1 saturated heterocycles. The number of hydrogen-bond donors (Lipinski definition) is 1. The molecular weight excluding hydrogens is 329 g/mol. The topological polar surface area (TPSA) is 49.8 Å². The molecular formula is C14H17BrFNO3. The molecule has 2 rings (SSSR count). The molecule has 1 aliphatic rings. The third kappa shape index (κ3) is 4.54. The number of hydrogen-bond acceptors (Lipinski definition) is 3. The molecule has 1 aliphatic heterocycles. The molecule has 0 spiro atoms. The summed E-state index contributed by atoms with van der Waals surface area (Å²) in [5, 5.41) is 8.56. The molecule has 4 nitrogen and oxygen atoms in total. The molecule has 1 heterocycles. The van der Waals surface area contributed by atoms with Gasteiger partial charge in [0, 0.05) is 29.7 Å². The van der Waals surface area contributed by atoms with Gasteiger partial charge in [-0.2, -0.15) is 0 Å². The fourth-order valence-corrected chi connectivity index (χ4v) is 2.65. The van der Waals surface area contributed by atoms with Crippen molar-refractivity contribution in [3.05, 3.63) is 34.1 Å². The van der Waals surface area contributed by atoms with Gasteiger partial charge in [-0.15, -0.1) is 0 Å². The lowest BCUT2D eigenvalue weighted by molar-refractivity contribution is -0.145. The summed E-state index contributed by atoms with van der Waals surface area (Å²) >= 11 is 3.24. The number of carbonyl (C=O) groups is 1. The van der Waals surface area contributed by atoms with Crippen LogP contribution in [0.2, 0.25) is 0 Å². The number of rotatable bonds is 5. The van der Waals surface area contributed by atoms with Gasteiger partial charge in [0.15, 0.2) is 0 Å². The van der Waals surface area contributed by atoms with Crippen molar-refractivity contribution >= 4 is 21.9 Å². The van der Waals surface area contributed by atoms with Crippen molar-refractivity contribution in [1.29, 1.82) is 0 Å². The highest BCUT2D eigenvalue weighted by molar-refractivity contribution is 9.10. The molecule has 1 aromatic rings. The van der Waals surface area contributed by atoms with Crippen molar-refractivity contribution in [1.82, 2.24) is 4.90 Å². The Labute approximate surface area is 125 Å². The van der Waals surface area contributed by atoms with Crippen molar-refractivity contribution < 1.29 is 19.0 Å². The molecule has 1 aromatic carbocycles. The fraction of sp³-hybridized carbons (Fsp3) is 0.500. The zero-order chi connectivity index (χ0) is 14.5. The van der Waals surface area contributed by atoms with E-state index in [1.165, 1.54) is 6.07 Å². The molecule has 0 amide bonds. The summed E-state index contributed by atoms with van der Waals surface area (Å²) < 4.78 is 19.8. The summed E-state index contributed by atoms with van der Waals surface area (Å²) in [6.45, 7) is 1.91. The predicted molar refractivity (Wildman–Crippen MR) is 76.0 cm³/mol. The average Bonchev–Trinajstić information content (AvgIpc) is 2.41. The molecule has 0 unspecified atom stereocenters. The van der Waals surface area contributed by atoms with Crippen LogP contribution in [0.15, 0.2) is 22.7 Å². The molecule has 110 valence electrons. The first-order valence-electron chi connectivity index (χ1n) is 6.54. The molecule has 6 heteroatoms. The number of carboxylic acid groups (broad SMARTS) is 1. The number of aliphatic carboxylic acids is 1. The highest BCUT2D eigenvalue weighted by Gasteiger charge is 2.21. The van der Waals surface area contributed by atoms with Crippen LogP contribution in [0.3, 0.4) is 0 Å². The Morgan fingerprint density at radius 1 is 1.45 bits per heavy atom. The van der Waals surface area contributed by atoms with Crippen LogP contribution in [0, 0.1) is 5.82 Å². The van der Waals surface area contributed by atoms with E-state index < -0.39 is 5.97 Å². The summed E-state index contributed by atoms with van der Waals surface area (Å²) in [6, 6.07) is 5.09. The van der Waals surface area contributed by atoms with Crippen molar-refractivity contribution in [3.8, 4) is 0 Å². The molecule has 0 atom stereocenters. The van der Waals surface area contributed by atoms with E-state index in [4.69, 9.17) is 9.84 Å². The summed E-state index contributed by atoms with van der Waals surface area (Å²) in [4.78, 5) is 12.6. The number of nitrogens with zero attached hydrogens (tertiary/aromatic N) is 1. The second-order valence-corrected chi connectivity index (χ2v) is 5.83. The number of benzene rings is 1. The maximum atomic E-state index is 13.7. The van der Waals surface area contributed by atoms with Crippen LogP contribution in [0.25, 0.3) is 0 Å². The van der Waals surface area contributed by atoms with Crippen LogP contribution in [0.1, 0.15) is 18.4 Å². The lowest BCUT2D eigenvalue weighted by Gasteiger charge is -2.31. The van der Waals surface area contributed by atoms with Crippen LogP contribution in [-0.4, -0.2) is 41.8 Å². The van der Waals surface area contributed by atoms with Crippen LogP contribution >= 0.6 is 15.9 Å². The first kappa shape index (κ1) is 15.4. The van der Waals surface area contributed by atoms with E-state index in [0.29, 0.717) is 12.1 Å². The molecule has 1 fully saturated rings. The molecule has 20 heavy (non-hydrogen) atoms. The van der Waals surface area contributed by atoms with Gasteiger partial charge in [-0.3, -0.25) is 4.90 Å². The van der Waals surface area contributed by atoms with Gasteiger partial charge in [0.1, 0.15) is 12.4 Å². The van der Waals surface area contributed by atoms with E-state index in [1.54, 1.807) is 6.07 Å². The van der Waals surface area contributed by atoms with Crippen LogP contribution in [0.5, 0.6) is 0 Å². The number of halogens is 2. The summed E-state index contributed by atoms with van der Waals surface area (Å²) in [5.74, 6) is -1.15. The van der Waals surface area contributed by atoms with E-state index in [-0.39, 0.29) is 18.5 Å². The Bertz CT molecular complexity index is 475. The molecule has 0 bridgehead atoms. The van der Waals surface area contributed by atoms with Crippen molar-refractivity contribution in [2.45, 2.75) is 25.5 Å². The molecule has 0 radical (unpaired) electrons. The Morgan fingerprint density at radius 3 is 2.75 bits per heavy atom. The minimum atomic E-state index is -0.940. The summed E-state index contributed by atoms with van der Waals surface area (Å²) in [7, 11) is 0. The minimum absolute atomic E-state index is 0.00267. The van der Waals surface area contributed by atoms with Gasteiger partial charge in [-0.25, -0.2) is 9.18 Å². The Kier molecular flexibility index (Phi) is 5.51. The first-order valence-corrected chi connectivity index (χ1v) is 7.33. The third-order valence-electron chi connectivity index (χ3n) is 3.39. The molecule has 1 N–H and O–H groups in total. The van der Waals surface area contributed by atoms with Crippen LogP contribution in [-0.2, 0) is 16.1 Å². The lowest BCUT2D eigenvalue weighted by Crippen LogP contribution is -2.37. The Balaban J connectivity index is 1.80. The van der Waals surface area contributed by atoms with Gasteiger partial charge in [-0.05, 0) is 25.0 Å². The zero-order valence-corrected chi connectivity index (χ0v) is 12.6. The number of likely N-dealkylation sites (tertiary alicyclic amines) is 1. The zero-order valence-electron chi connectivity index (χ0n) is 11.0. The molecule has 0 saturated carbocycles. The predicted octanol–water partition coefficient (Wildman–Crippen LogP) is 2.65. The first-order chi connectivity index (χ1) is 9.54. The quantitative estimate of drug-likeness (QED) is 0.891. The number of carboxylic acids is 1. The molecule has 0 aromatic heterocycles. The second-order valence-electron chi connectivity index (χ2n) is 4.92. The second kappa shape index (κ2) is 7.15. The normalized spacial score (nSPS) is 17.3. The van der Waals surface area contributed by atoms with Gasteiger partial charge in [0.05, 0.1) is 6.10 Å². The van der Waals surface area contributed by atoms with Crippen molar-refractivity contribution in [2.24, 2.45) is 0 Å². The van der Waals surface area contributed by atoms with Crippen LogP contribution < -0.4 is 0 Å². The van der Waals surface area contributed by atoms with Gasteiger partial charge in [-0.1, -0.05) is 22.0 Å². The van der Waals surface area contributed by atoms with Crippen LogP contribution in [0.4, 0.5) is 4.39 Å². The average molecular weight is 346 g/mol. The van der Waals surface area contributed by atoms with Gasteiger partial charge in [0.25, 0.3) is 0 Å². The monoisotopic (exact) mass is 345 g/mol.